The highest BCUT2D eigenvalue weighted by molar-refractivity contribution is 6.33. The molecule has 1 aromatic carbocycles. The fraction of sp³-hybridized carbons (Fsp3) is 0.0909. The van der Waals surface area contributed by atoms with Crippen molar-refractivity contribution in [3.05, 3.63) is 46.4 Å². The molecule has 1 amide bonds. The number of benzene rings is 1. The van der Waals surface area contributed by atoms with Gasteiger partial charge in [-0.1, -0.05) is 11.6 Å². The summed E-state index contributed by atoms with van der Waals surface area (Å²) in [5.41, 5.74) is 6.45. The van der Waals surface area contributed by atoms with Crippen LogP contribution in [0.2, 0.25) is 5.02 Å². The Kier molecular flexibility index (Phi) is 3.47. The first-order chi connectivity index (χ1) is 8.58. The van der Waals surface area contributed by atoms with E-state index < -0.39 is 11.7 Å². The third-order valence-corrected chi connectivity index (χ3v) is 2.68. The molecule has 0 spiro atoms. The van der Waals surface area contributed by atoms with Crippen LogP contribution in [-0.2, 0) is 6.54 Å². The second kappa shape index (κ2) is 5.05. The van der Waals surface area contributed by atoms with E-state index in [9.17, 15) is 9.18 Å². The molecule has 0 aliphatic heterocycles. The zero-order valence-electron chi connectivity index (χ0n) is 9.21. The predicted octanol–water partition coefficient (Wildman–Crippen LogP) is 1.71. The van der Waals surface area contributed by atoms with Gasteiger partial charge in [0.25, 0.3) is 5.91 Å². The van der Waals surface area contributed by atoms with Gasteiger partial charge >= 0.3 is 0 Å². The van der Waals surface area contributed by atoms with Gasteiger partial charge in [-0.3, -0.25) is 9.89 Å². The third-order valence-electron chi connectivity index (χ3n) is 2.37. The number of anilines is 1. The monoisotopic (exact) mass is 268 g/mol. The summed E-state index contributed by atoms with van der Waals surface area (Å²) < 4.78 is 12.8. The van der Waals surface area contributed by atoms with Gasteiger partial charge in [0.2, 0.25) is 0 Å². The SMILES string of the molecule is Nc1[nH]ncc1CNC(=O)c1ccc(F)cc1Cl. The van der Waals surface area contributed by atoms with E-state index in [0.717, 1.165) is 6.07 Å². The number of rotatable bonds is 3. The second-order valence-corrected chi connectivity index (χ2v) is 4.02. The summed E-state index contributed by atoms with van der Waals surface area (Å²) in [5.74, 6) is -0.503. The largest absolute Gasteiger partial charge is 0.384 e. The van der Waals surface area contributed by atoms with Gasteiger partial charge < -0.3 is 11.1 Å². The van der Waals surface area contributed by atoms with Crippen molar-refractivity contribution < 1.29 is 9.18 Å². The van der Waals surface area contributed by atoms with Crippen molar-refractivity contribution in [3.8, 4) is 0 Å². The fourth-order valence-electron chi connectivity index (χ4n) is 1.41. The van der Waals surface area contributed by atoms with Gasteiger partial charge in [0.15, 0.2) is 0 Å². The molecule has 0 saturated heterocycles. The number of hydrogen-bond acceptors (Lipinski definition) is 3. The number of carbonyl (C=O) groups excluding carboxylic acids is 1. The lowest BCUT2D eigenvalue weighted by molar-refractivity contribution is 0.0951. The number of nitrogen functional groups attached to an aromatic ring is 1. The van der Waals surface area contributed by atoms with Crippen molar-refractivity contribution in [1.82, 2.24) is 15.5 Å². The third kappa shape index (κ3) is 2.60. The lowest BCUT2D eigenvalue weighted by atomic mass is 10.2. The Morgan fingerprint density at radius 2 is 2.33 bits per heavy atom. The van der Waals surface area contributed by atoms with E-state index in [1.165, 1.54) is 18.3 Å². The van der Waals surface area contributed by atoms with E-state index in [2.05, 4.69) is 15.5 Å². The van der Waals surface area contributed by atoms with Gasteiger partial charge in [-0.2, -0.15) is 5.10 Å². The quantitative estimate of drug-likeness (QED) is 0.792. The number of nitrogens with two attached hydrogens (primary N) is 1. The van der Waals surface area contributed by atoms with Gasteiger partial charge in [-0.15, -0.1) is 0 Å². The van der Waals surface area contributed by atoms with Crippen LogP contribution in [0.4, 0.5) is 10.2 Å². The zero-order valence-corrected chi connectivity index (χ0v) is 9.96. The van der Waals surface area contributed by atoms with Crippen LogP contribution in [0.25, 0.3) is 0 Å². The van der Waals surface area contributed by atoms with Crippen LogP contribution in [0, 0.1) is 5.82 Å². The normalized spacial score (nSPS) is 10.3. The average Bonchev–Trinajstić information content (AvgIpc) is 2.72. The van der Waals surface area contributed by atoms with Gasteiger partial charge in [-0.25, -0.2) is 4.39 Å². The van der Waals surface area contributed by atoms with Crippen molar-refractivity contribution in [1.29, 1.82) is 0 Å². The number of nitrogens with one attached hydrogen (secondary N) is 2. The molecule has 0 aliphatic carbocycles. The number of H-pyrrole nitrogens is 1. The fourth-order valence-corrected chi connectivity index (χ4v) is 1.66. The molecule has 0 bridgehead atoms. The van der Waals surface area contributed by atoms with Crippen molar-refractivity contribution in [2.24, 2.45) is 0 Å². The first-order valence-electron chi connectivity index (χ1n) is 5.09. The van der Waals surface area contributed by atoms with Gasteiger partial charge in [0, 0.05) is 12.1 Å². The van der Waals surface area contributed by atoms with Crippen molar-refractivity contribution in [2.75, 3.05) is 5.73 Å². The molecule has 5 nitrogen and oxygen atoms in total. The molecule has 18 heavy (non-hydrogen) atoms. The van der Waals surface area contributed by atoms with Crippen LogP contribution < -0.4 is 11.1 Å². The van der Waals surface area contributed by atoms with Gasteiger partial charge in [-0.05, 0) is 18.2 Å². The average molecular weight is 269 g/mol. The first kappa shape index (κ1) is 12.4. The molecule has 7 heteroatoms. The number of nitrogens with zero attached hydrogens (tertiary/aromatic N) is 1. The molecular formula is C11H10ClFN4O. The van der Waals surface area contributed by atoms with Gasteiger partial charge in [0.1, 0.15) is 11.6 Å². The predicted molar refractivity (Wildman–Crippen MR) is 65.6 cm³/mol. The molecule has 0 radical (unpaired) electrons. The number of aromatic amines is 1. The summed E-state index contributed by atoms with van der Waals surface area (Å²) in [6.07, 6.45) is 1.52. The Morgan fingerprint density at radius 3 is 2.94 bits per heavy atom. The lowest BCUT2D eigenvalue weighted by Gasteiger charge is -2.06. The molecule has 0 saturated carbocycles. The minimum Gasteiger partial charge on any atom is -0.384 e. The zero-order chi connectivity index (χ0) is 13.1. The minimum absolute atomic E-state index is 0.0627. The van der Waals surface area contributed by atoms with E-state index in [0.29, 0.717) is 11.4 Å². The first-order valence-corrected chi connectivity index (χ1v) is 5.46. The lowest BCUT2D eigenvalue weighted by Crippen LogP contribution is -2.23. The number of amides is 1. The number of halogens is 2. The molecule has 0 atom stereocenters. The smallest absolute Gasteiger partial charge is 0.253 e. The maximum absolute atomic E-state index is 12.8. The Morgan fingerprint density at radius 1 is 1.56 bits per heavy atom. The molecular weight excluding hydrogens is 259 g/mol. The van der Waals surface area contributed by atoms with Crippen LogP contribution in [0.3, 0.4) is 0 Å². The Balaban J connectivity index is 2.06. The van der Waals surface area contributed by atoms with Crippen LogP contribution in [0.5, 0.6) is 0 Å². The summed E-state index contributed by atoms with van der Waals surface area (Å²) in [7, 11) is 0. The van der Waals surface area contributed by atoms with E-state index >= 15 is 0 Å². The second-order valence-electron chi connectivity index (χ2n) is 3.62. The van der Waals surface area contributed by atoms with Crippen LogP contribution >= 0.6 is 11.6 Å². The standard InChI is InChI=1S/C11H10ClFN4O/c12-9-3-7(13)1-2-8(9)11(18)15-4-6-5-16-17-10(6)14/h1-3,5H,4H2,(H,15,18)(H3,14,16,17). The van der Waals surface area contributed by atoms with E-state index in [1.54, 1.807) is 0 Å². The molecule has 4 N–H and O–H groups in total. The highest BCUT2D eigenvalue weighted by Crippen LogP contribution is 2.17. The van der Waals surface area contributed by atoms with Gasteiger partial charge in [0.05, 0.1) is 16.8 Å². The molecule has 1 heterocycles. The summed E-state index contributed by atoms with van der Waals surface area (Å²) in [4.78, 5) is 11.8. The van der Waals surface area contributed by atoms with Crippen molar-refractivity contribution in [2.45, 2.75) is 6.54 Å². The van der Waals surface area contributed by atoms with E-state index in [-0.39, 0.29) is 17.1 Å². The van der Waals surface area contributed by atoms with E-state index in [1.807, 2.05) is 0 Å². The summed E-state index contributed by atoms with van der Waals surface area (Å²) in [5, 5.41) is 8.96. The molecule has 0 unspecified atom stereocenters. The Labute approximate surface area is 107 Å². The van der Waals surface area contributed by atoms with Crippen LogP contribution in [-0.4, -0.2) is 16.1 Å². The molecule has 94 valence electrons. The summed E-state index contributed by atoms with van der Waals surface area (Å²) in [6.45, 7) is 0.217. The number of carbonyl (C=O) groups is 1. The highest BCUT2D eigenvalue weighted by Gasteiger charge is 2.11. The number of aromatic nitrogens is 2. The van der Waals surface area contributed by atoms with Crippen molar-refractivity contribution in [3.63, 3.8) is 0 Å². The molecule has 1 aromatic heterocycles. The minimum atomic E-state index is -0.490. The highest BCUT2D eigenvalue weighted by atomic mass is 35.5. The Bertz CT molecular complexity index is 584. The van der Waals surface area contributed by atoms with Crippen LogP contribution in [0.15, 0.2) is 24.4 Å². The Hall–Kier alpha value is -2.08. The number of hydrogen-bond donors (Lipinski definition) is 3. The maximum atomic E-state index is 12.8. The molecule has 2 aromatic rings. The summed E-state index contributed by atoms with van der Waals surface area (Å²) >= 11 is 5.77. The summed E-state index contributed by atoms with van der Waals surface area (Å²) in [6, 6.07) is 3.58. The molecule has 2 rings (SSSR count). The van der Waals surface area contributed by atoms with Crippen LogP contribution in [0.1, 0.15) is 15.9 Å². The maximum Gasteiger partial charge on any atom is 0.253 e. The molecule has 0 aliphatic rings. The van der Waals surface area contributed by atoms with E-state index in [4.69, 9.17) is 17.3 Å². The molecule has 0 fully saturated rings. The topological polar surface area (TPSA) is 83.8 Å². The van der Waals surface area contributed by atoms with Crippen molar-refractivity contribution >= 4 is 23.3 Å².